The quantitative estimate of drug-likeness (QED) is 0.388. The van der Waals surface area contributed by atoms with Crippen molar-refractivity contribution in [2.45, 2.75) is 0 Å². The standard InChI is InChI=1S/C7H12N2.C2HN3/c1-3-4-9-6-5-8(2)7-9;3-1-5-2-4/h3,5-6H,1,4,7H2,2H3;5H. The van der Waals surface area contributed by atoms with Crippen LogP contribution in [0.1, 0.15) is 0 Å². The Morgan fingerprint density at radius 3 is 2.43 bits per heavy atom. The van der Waals surface area contributed by atoms with Gasteiger partial charge in [0.15, 0.2) is 12.4 Å². The molecule has 0 aromatic carbocycles. The number of nitriles is 2. The summed E-state index contributed by atoms with van der Waals surface area (Å²) in [5, 5.41) is 16.7. The fourth-order valence-electron chi connectivity index (χ4n) is 0.898. The summed E-state index contributed by atoms with van der Waals surface area (Å²) in [7, 11) is 2.06. The number of nitrogens with one attached hydrogen (secondary N) is 1. The van der Waals surface area contributed by atoms with Crippen molar-refractivity contribution >= 4 is 0 Å². The summed E-state index contributed by atoms with van der Waals surface area (Å²) < 4.78 is 0. The molecule has 0 fully saturated rings. The van der Waals surface area contributed by atoms with Crippen LogP contribution in [0.25, 0.3) is 0 Å². The van der Waals surface area contributed by atoms with Gasteiger partial charge in [-0.15, -0.1) is 6.58 Å². The lowest BCUT2D eigenvalue weighted by molar-refractivity contribution is 0.318. The molecular weight excluding hydrogens is 178 g/mol. The van der Waals surface area contributed by atoms with Crippen molar-refractivity contribution < 1.29 is 0 Å². The molecule has 1 aliphatic heterocycles. The average molecular weight is 191 g/mol. The van der Waals surface area contributed by atoms with E-state index in [2.05, 4.69) is 35.8 Å². The predicted octanol–water partition coefficient (Wildman–Crippen LogP) is 0.387. The van der Waals surface area contributed by atoms with E-state index >= 15 is 0 Å². The lowest BCUT2D eigenvalue weighted by atomic mass is 10.6. The zero-order valence-electron chi connectivity index (χ0n) is 8.14. The highest BCUT2D eigenvalue weighted by Gasteiger charge is 2.04. The number of nitrogens with zero attached hydrogens (tertiary/aromatic N) is 4. The molecular formula is C9H13N5. The molecule has 74 valence electrons. The molecule has 0 atom stereocenters. The van der Waals surface area contributed by atoms with Crippen molar-refractivity contribution in [1.29, 1.82) is 10.5 Å². The first-order valence-corrected chi connectivity index (χ1v) is 4.01. The Kier molecular flexibility index (Phi) is 6.36. The Balaban J connectivity index is 0.000000292. The first-order valence-electron chi connectivity index (χ1n) is 4.01. The second-order valence-electron chi connectivity index (χ2n) is 2.61. The minimum absolute atomic E-state index is 0.945. The fourth-order valence-corrected chi connectivity index (χ4v) is 0.898. The van der Waals surface area contributed by atoms with Crippen LogP contribution >= 0.6 is 0 Å². The van der Waals surface area contributed by atoms with Gasteiger partial charge in [-0.3, -0.25) is 0 Å². The molecule has 1 aliphatic rings. The zero-order chi connectivity index (χ0) is 10.8. The maximum atomic E-state index is 7.48. The first kappa shape index (κ1) is 11.9. The van der Waals surface area contributed by atoms with Gasteiger partial charge in [-0.2, -0.15) is 10.5 Å². The average Bonchev–Trinajstić information content (AvgIpc) is 2.55. The van der Waals surface area contributed by atoms with Crippen LogP contribution in [0.2, 0.25) is 0 Å². The van der Waals surface area contributed by atoms with Gasteiger partial charge >= 0.3 is 0 Å². The molecule has 0 aromatic rings. The summed E-state index contributed by atoms with van der Waals surface area (Å²) in [6, 6.07) is 0. The van der Waals surface area contributed by atoms with Crippen molar-refractivity contribution in [1.82, 2.24) is 15.1 Å². The van der Waals surface area contributed by atoms with Crippen molar-refractivity contribution in [3.63, 3.8) is 0 Å². The molecule has 14 heavy (non-hydrogen) atoms. The number of rotatable bonds is 2. The lowest BCUT2D eigenvalue weighted by Gasteiger charge is -2.15. The Labute approximate surface area is 84.1 Å². The molecule has 0 saturated carbocycles. The molecule has 0 radical (unpaired) electrons. The van der Waals surface area contributed by atoms with E-state index in [0.29, 0.717) is 0 Å². The normalized spacial score (nSPS) is 12.2. The van der Waals surface area contributed by atoms with E-state index in [4.69, 9.17) is 10.5 Å². The van der Waals surface area contributed by atoms with E-state index in [0.717, 1.165) is 13.2 Å². The highest BCUT2D eigenvalue weighted by atomic mass is 15.3. The molecule has 5 heteroatoms. The van der Waals surface area contributed by atoms with Gasteiger partial charge in [0.1, 0.15) is 0 Å². The van der Waals surface area contributed by atoms with Crippen molar-refractivity contribution in [2.24, 2.45) is 0 Å². The second-order valence-corrected chi connectivity index (χ2v) is 2.61. The maximum absolute atomic E-state index is 7.48. The van der Waals surface area contributed by atoms with Gasteiger partial charge in [-0.05, 0) is 0 Å². The highest BCUT2D eigenvalue weighted by molar-refractivity contribution is 4.91. The number of hydrogen-bond donors (Lipinski definition) is 1. The first-order chi connectivity index (χ1) is 6.74. The summed E-state index contributed by atoms with van der Waals surface area (Å²) in [6.45, 7) is 5.59. The summed E-state index contributed by atoms with van der Waals surface area (Å²) in [5.74, 6) is 0. The van der Waals surface area contributed by atoms with E-state index in [1.54, 1.807) is 5.32 Å². The lowest BCUT2D eigenvalue weighted by Crippen LogP contribution is -2.21. The van der Waals surface area contributed by atoms with Gasteiger partial charge in [0.05, 0.1) is 6.67 Å². The smallest absolute Gasteiger partial charge is 0.190 e. The molecule has 5 nitrogen and oxygen atoms in total. The van der Waals surface area contributed by atoms with Crippen molar-refractivity contribution in [3.05, 3.63) is 25.1 Å². The fraction of sp³-hybridized carbons (Fsp3) is 0.333. The monoisotopic (exact) mass is 191 g/mol. The van der Waals surface area contributed by atoms with E-state index in [1.165, 1.54) is 12.4 Å². The Hall–Kier alpha value is -2.14. The van der Waals surface area contributed by atoms with Crippen LogP contribution in [0.5, 0.6) is 0 Å². The summed E-state index contributed by atoms with van der Waals surface area (Å²) in [4.78, 5) is 4.32. The van der Waals surface area contributed by atoms with Crippen LogP contribution in [0.3, 0.4) is 0 Å². The molecule has 1 heterocycles. The van der Waals surface area contributed by atoms with Crippen LogP contribution in [0.4, 0.5) is 0 Å². The van der Waals surface area contributed by atoms with Crippen LogP contribution in [-0.4, -0.2) is 30.1 Å². The molecule has 0 spiro atoms. The van der Waals surface area contributed by atoms with Crippen LogP contribution in [0.15, 0.2) is 25.1 Å². The van der Waals surface area contributed by atoms with Crippen LogP contribution in [-0.2, 0) is 0 Å². The van der Waals surface area contributed by atoms with Crippen molar-refractivity contribution in [2.75, 3.05) is 20.3 Å². The predicted molar refractivity (Wildman–Crippen MR) is 53.0 cm³/mol. The third kappa shape index (κ3) is 5.50. The van der Waals surface area contributed by atoms with Gasteiger partial charge < -0.3 is 9.80 Å². The molecule has 0 unspecified atom stereocenters. The second kappa shape index (κ2) is 7.51. The van der Waals surface area contributed by atoms with Gasteiger partial charge in [-0.25, -0.2) is 5.32 Å². The highest BCUT2D eigenvalue weighted by Crippen LogP contribution is 2.01. The van der Waals surface area contributed by atoms with Crippen molar-refractivity contribution in [3.8, 4) is 12.4 Å². The zero-order valence-corrected chi connectivity index (χ0v) is 8.14. The van der Waals surface area contributed by atoms with E-state index < -0.39 is 0 Å². The van der Waals surface area contributed by atoms with E-state index in [9.17, 15) is 0 Å². The minimum Gasteiger partial charge on any atom is -0.362 e. The minimum atomic E-state index is 0.945. The SMILES string of the molecule is C=CCN1C=CN(C)C1.N#CNC#N. The van der Waals surface area contributed by atoms with Gasteiger partial charge in [0.2, 0.25) is 0 Å². The molecule has 0 bridgehead atoms. The third-order valence-electron chi connectivity index (χ3n) is 1.41. The summed E-state index contributed by atoms with van der Waals surface area (Å²) >= 11 is 0. The molecule has 1 N–H and O–H groups in total. The number of hydrogen-bond acceptors (Lipinski definition) is 5. The maximum Gasteiger partial charge on any atom is 0.190 e. The Morgan fingerprint density at radius 2 is 2.14 bits per heavy atom. The van der Waals surface area contributed by atoms with Gasteiger partial charge in [-0.1, -0.05) is 6.08 Å². The molecule has 1 rings (SSSR count). The van der Waals surface area contributed by atoms with Gasteiger partial charge in [0.25, 0.3) is 0 Å². The van der Waals surface area contributed by atoms with Crippen LogP contribution < -0.4 is 5.32 Å². The third-order valence-corrected chi connectivity index (χ3v) is 1.41. The molecule has 0 amide bonds. The van der Waals surface area contributed by atoms with E-state index in [-0.39, 0.29) is 0 Å². The Morgan fingerprint density at radius 1 is 1.50 bits per heavy atom. The molecule has 0 saturated heterocycles. The summed E-state index contributed by atoms with van der Waals surface area (Å²) in [5.41, 5.74) is 0. The summed E-state index contributed by atoms with van der Waals surface area (Å²) in [6.07, 6.45) is 8.85. The molecule has 0 aliphatic carbocycles. The Bertz CT molecular complexity index is 258. The topological polar surface area (TPSA) is 66.1 Å². The van der Waals surface area contributed by atoms with Gasteiger partial charge in [0, 0.05) is 26.0 Å². The largest absolute Gasteiger partial charge is 0.362 e. The molecule has 0 aromatic heterocycles. The van der Waals surface area contributed by atoms with E-state index in [1.807, 2.05) is 6.08 Å². The van der Waals surface area contributed by atoms with Crippen LogP contribution in [0, 0.1) is 22.9 Å².